The third-order valence-corrected chi connectivity index (χ3v) is 2.89. The molecule has 17 heavy (non-hydrogen) atoms. The Morgan fingerprint density at radius 1 is 1.29 bits per heavy atom. The first kappa shape index (κ1) is 13.5. The largest absolute Gasteiger partial charge is 0.469 e. The van der Waals surface area contributed by atoms with Gasteiger partial charge in [-0.25, -0.2) is 9.78 Å². The second kappa shape index (κ2) is 6.90. The van der Waals surface area contributed by atoms with Crippen LogP contribution in [-0.4, -0.2) is 36.9 Å². The number of methoxy groups -OCH3 is 2. The van der Waals surface area contributed by atoms with Crippen LogP contribution in [0.2, 0.25) is 0 Å². The second-order valence-corrected chi connectivity index (χ2v) is 4.17. The number of hydrogen-bond acceptors (Lipinski definition) is 6. The lowest BCUT2D eigenvalue weighted by Gasteiger charge is -2.01. The molecule has 0 unspecified atom stereocenters. The third-order valence-electron chi connectivity index (χ3n) is 1.94. The van der Waals surface area contributed by atoms with Gasteiger partial charge in [-0.15, -0.1) is 11.8 Å². The molecule has 5 nitrogen and oxygen atoms in total. The zero-order valence-electron chi connectivity index (χ0n) is 9.63. The SMILES string of the molecule is COC(=O)CCSc1ccc(C(=O)OC)cn1. The third kappa shape index (κ3) is 4.44. The minimum atomic E-state index is -0.413. The van der Waals surface area contributed by atoms with Crippen molar-refractivity contribution in [3.05, 3.63) is 23.9 Å². The summed E-state index contributed by atoms with van der Waals surface area (Å²) in [5, 5.41) is 0.751. The van der Waals surface area contributed by atoms with Crippen LogP contribution in [0, 0.1) is 0 Å². The van der Waals surface area contributed by atoms with Gasteiger partial charge >= 0.3 is 11.9 Å². The molecule has 0 aliphatic carbocycles. The van der Waals surface area contributed by atoms with Gasteiger partial charge in [-0.05, 0) is 12.1 Å². The fourth-order valence-electron chi connectivity index (χ4n) is 1.05. The zero-order chi connectivity index (χ0) is 12.7. The number of pyridine rings is 1. The van der Waals surface area contributed by atoms with Crippen molar-refractivity contribution in [2.24, 2.45) is 0 Å². The molecule has 0 radical (unpaired) electrons. The van der Waals surface area contributed by atoms with Gasteiger partial charge in [0, 0.05) is 11.9 Å². The van der Waals surface area contributed by atoms with Crippen LogP contribution in [0.3, 0.4) is 0 Å². The molecule has 92 valence electrons. The van der Waals surface area contributed by atoms with E-state index in [0.29, 0.717) is 17.7 Å². The number of thioether (sulfide) groups is 1. The van der Waals surface area contributed by atoms with E-state index in [4.69, 9.17) is 0 Å². The average molecular weight is 255 g/mol. The van der Waals surface area contributed by atoms with E-state index in [1.54, 1.807) is 12.1 Å². The van der Waals surface area contributed by atoms with Gasteiger partial charge in [-0.2, -0.15) is 0 Å². The zero-order valence-corrected chi connectivity index (χ0v) is 10.5. The minimum absolute atomic E-state index is 0.247. The summed E-state index contributed by atoms with van der Waals surface area (Å²) in [6.45, 7) is 0. The van der Waals surface area contributed by atoms with Gasteiger partial charge in [0.05, 0.1) is 31.2 Å². The standard InChI is InChI=1S/C11H13NO4S/c1-15-10(13)5-6-17-9-4-3-8(7-12-9)11(14)16-2/h3-4,7H,5-6H2,1-2H3. The van der Waals surface area contributed by atoms with Crippen LogP contribution in [0.1, 0.15) is 16.8 Å². The molecular weight excluding hydrogens is 242 g/mol. The summed E-state index contributed by atoms with van der Waals surface area (Å²) in [7, 11) is 2.68. The monoisotopic (exact) mass is 255 g/mol. The summed E-state index contributed by atoms with van der Waals surface area (Å²) in [6, 6.07) is 3.35. The van der Waals surface area contributed by atoms with Gasteiger partial charge < -0.3 is 9.47 Å². The first-order valence-corrected chi connectivity index (χ1v) is 5.90. The molecule has 0 saturated carbocycles. The van der Waals surface area contributed by atoms with Crippen LogP contribution in [0.4, 0.5) is 0 Å². The first-order valence-electron chi connectivity index (χ1n) is 4.91. The van der Waals surface area contributed by atoms with E-state index >= 15 is 0 Å². The lowest BCUT2D eigenvalue weighted by molar-refractivity contribution is -0.140. The number of rotatable bonds is 5. The molecule has 0 amide bonds. The smallest absolute Gasteiger partial charge is 0.339 e. The Labute approximate surface area is 104 Å². The molecule has 1 aromatic heterocycles. The molecule has 0 N–H and O–H groups in total. The molecular formula is C11H13NO4S. The molecule has 0 aliphatic rings. The van der Waals surface area contributed by atoms with Gasteiger partial charge in [0.1, 0.15) is 0 Å². The number of nitrogens with zero attached hydrogens (tertiary/aromatic N) is 1. The molecule has 0 spiro atoms. The normalized spacial score (nSPS) is 9.76. The highest BCUT2D eigenvalue weighted by Gasteiger charge is 2.06. The molecule has 1 heterocycles. The number of hydrogen-bond donors (Lipinski definition) is 0. The molecule has 0 aromatic carbocycles. The van der Waals surface area contributed by atoms with Crippen LogP contribution >= 0.6 is 11.8 Å². The van der Waals surface area contributed by atoms with E-state index < -0.39 is 5.97 Å². The molecule has 1 aromatic rings. The highest BCUT2D eigenvalue weighted by Crippen LogP contribution is 2.16. The summed E-state index contributed by atoms with van der Waals surface area (Å²) >= 11 is 1.43. The highest BCUT2D eigenvalue weighted by molar-refractivity contribution is 7.99. The Balaban J connectivity index is 2.46. The van der Waals surface area contributed by atoms with Gasteiger partial charge in [-0.1, -0.05) is 0 Å². The highest BCUT2D eigenvalue weighted by atomic mass is 32.2. The molecule has 0 bridgehead atoms. The second-order valence-electron chi connectivity index (χ2n) is 3.05. The van der Waals surface area contributed by atoms with Crippen molar-refractivity contribution in [2.45, 2.75) is 11.4 Å². The Hall–Kier alpha value is -1.56. The predicted octanol–water partition coefficient (Wildman–Crippen LogP) is 1.52. The van der Waals surface area contributed by atoms with Crippen molar-refractivity contribution in [3.63, 3.8) is 0 Å². The summed E-state index contributed by atoms with van der Waals surface area (Å²) < 4.78 is 9.08. The molecule has 1 rings (SSSR count). The van der Waals surface area contributed by atoms with Crippen LogP contribution < -0.4 is 0 Å². The van der Waals surface area contributed by atoms with E-state index in [9.17, 15) is 9.59 Å². The number of esters is 2. The number of carbonyl (C=O) groups is 2. The maximum atomic E-state index is 11.1. The fourth-order valence-corrected chi connectivity index (χ4v) is 1.81. The van der Waals surface area contributed by atoms with Gasteiger partial charge in [0.25, 0.3) is 0 Å². The maximum absolute atomic E-state index is 11.1. The van der Waals surface area contributed by atoms with Crippen molar-refractivity contribution >= 4 is 23.7 Å². The van der Waals surface area contributed by atoms with E-state index in [0.717, 1.165) is 5.03 Å². The molecule has 0 aliphatic heterocycles. The average Bonchev–Trinajstić information content (AvgIpc) is 2.38. The summed E-state index contributed by atoms with van der Waals surface area (Å²) in [4.78, 5) is 26.1. The molecule has 0 atom stereocenters. The van der Waals surface area contributed by atoms with Crippen molar-refractivity contribution in [1.82, 2.24) is 4.98 Å². The molecule has 0 fully saturated rings. The van der Waals surface area contributed by atoms with Crippen LogP contribution in [0.5, 0.6) is 0 Å². The maximum Gasteiger partial charge on any atom is 0.339 e. The van der Waals surface area contributed by atoms with Crippen molar-refractivity contribution in [2.75, 3.05) is 20.0 Å². The Morgan fingerprint density at radius 3 is 2.59 bits per heavy atom. The lowest BCUT2D eigenvalue weighted by Crippen LogP contribution is -2.02. The van der Waals surface area contributed by atoms with Crippen LogP contribution in [-0.2, 0) is 14.3 Å². The number of ether oxygens (including phenoxy) is 2. The van der Waals surface area contributed by atoms with Crippen molar-refractivity contribution in [3.8, 4) is 0 Å². The van der Waals surface area contributed by atoms with E-state index in [2.05, 4.69) is 14.5 Å². The van der Waals surface area contributed by atoms with Crippen molar-refractivity contribution in [1.29, 1.82) is 0 Å². The Morgan fingerprint density at radius 2 is 2.06 bits per heavy atom. The van der Waals surface area contributed by atoms with Gasteiger partial charge in [-0.3, -0.25) is 4.79 Å². The van der Waals surface area contributed by atoms with E-state index in [-0.39, 0.29) is 5.97 Å². The topological polar surface area (TPSA) is 65.5 Å². The predicted molar refractivity (Wildman–Crippen MR) is 62.9 cm³/mol. The fraction of sp³-hybridized carbons (Fsp3) is 0.364. The first-order chi connectivity index (χ1) is 8.17. The van der Waals surface area contributed by atoms with Gasteiger partial charge in [0.2, 0.25) is 0 Å². The van der Waals surface area contributed by atoms with Crippen LogP contribution in [0.25, 0.3) is 0 Å². The lowest BCUT2D eigenvalue weighted by atomic mass is 10.3. The molecule has 6 heteroatoms. The Kier molecular flexibility index (Phi) is 5.48. The summed E-state index contributed by atoms with van der Waals surface area (Å²) in [5.74, 6) is -0.0654. The molecule has 0 saturated heterocycles. The number of carbonyl (C=O) groups excluding carboxylic acids is 2. The summed E-state index contributed by atoms with van der Waals surface area (Å²) in [6.07, 6.45) is 1.79. The van der Waals surface area contributed by atoms with Crippen molar-refractivity contribution < 1.29 is 19.1 Å². The van der Waals surface area contributed by atoms with E-state index in [1.807, 2.05) is 0 Å². The Bertz CT molecular complexity index is 391. The van der Waals surface area contributed by atoms with E-state index in [1.165, 1.54) is 32.2 Å². The number of aromatic nitrogens is 1. The quantitative estimate of drug-likeness (QED) is 0.587. The van der Waals surface area contributed by atoms with Gasteiger partial charge in [0.15, 0.2) is 0 Å². The van der Waals surface area contributed by atoms with Crippen LogP contribution in [0.15, 0.2) is 23.4 Å². The minimum Gasteiger partial charge on any atom is -0.469 e. The summed E-state index contributed by atoms with van der Waals surface area (Å²) in [5.41, 5.74) is 0.407.